The lowest BCUT2D eigenvalue weighted by atomic mass is 9.89. The number of carbonyl (C=O) groups excluding carboxylic acids is 1. The molecule has 2 aliphatic rings. The summed E-state index contributed by atoms with van der Waals surface area (Å²) in [6, 6.07) is 8.82. The topological polar surface area (TPSA) is 64.9 Å². The van der Waals surface area contributed by atoms with Gasteiger partial charge in [0.05, 0.1) is 6.04 Å². The van der Waals surface area contributed by atoms with Gasteiger partial charge in [0.25, 0.3) is 5.91 Å². The highest BCUT2D eigenvalue weighted by Crippen LogP contribution is 2.25. The summed E-state index contributed by atoms with van der Waals surface area (Å²) in [7, 11) is 0. The van der Waals surface area contributed by atoms with Gasteiger partial charge in [-0.15, -0.1) is 0 Å². The van der Waals surface area contributed by atoms with Crippen molar-refractivity contribution in [2.45, 2.75) is 76.8 Å². The third-order valence-corrected chi connectivity index (χ3v) is 5.65. The van der Waals surface area contributed by atoms with Crippen molar-refractivity contribution in [1.29, 1.82) is 5.26 Å². The Bertz CT molecular complexity index is 711. The highest BCUT2D eigenvalue weighted by atomic mass is 16.1. The van der Waals surface area contributed by atoms with E-state index in [1.807, 2.05) is 13.0 Å². The van der Waals surface area contributed by atoms with Crippen LogP contribution in [0.4, 0.5) is 0 Å². The van der Waals surface area contributed by atoms with Crippen molar-refractivity contribution in [2.24, 2.45) is 0 Å². The van der Waals surface area contributed by atoms with Crippen LogP contribution in [0.5, 0.6) is 0 Å². The smallest absolute Gasteiger partial charge is 0.263 e. The summed E-state index contributed by atoms with van der Waals surface area (Å²) >= 11 is 0. The third-order valence-electron chi connectivity index (χ3n) is 5.65. The van der Waals surface area contributed by atoms with Crippen molar-refractivity contribution < 1.29 is 4.79 Å². The number of hydrogen-bond donors (Lipinski definition) is 2. The number of hydrogen-bond acceptors (Lipinski definition) is 3. The zero-order valence-corrected chi connectivity index (χ0v) is 15.7. The molecule has 2 N–H and O–H groups in total. The minimum Gasteiger partial charge on any atom is -0.387 e. The Hall–Kier alpha value is -2.28. The molecule has 138 valence electrons. The Morgan fingerprint density at radius 2 is 1.88 bits per heavy atom. The number of amides is 1. The molecule has 0 heterocycles. The number of benzene rings is 1. The molecule has 1 unspecified atom stereocenters. The van der Waals surface area contributed by atoms with Crippen molar-refractivity contribution in [3.05, 3.63) is 46.7 Å². The predicted molar refractivity (Wildman–Crippen MR) is 103 cm³/mol. The molecule has 1 fully saturated rings. The van der Waals surface area contributed by atoms with E-state index in [0.29, 0.717) is 6.04 Å². The van der Waals surface area contributed by atoms with Gasteiger partial charge in [-0.2, -0.15) is 5.26 Å². The van der Waals surface area contributed by atoms with Crippen molar-refractivity contribution in [2.75, 3.05) is 0 Å². The Morgan fingerprint density at radius 3 is 2.62 bits per heavy atom. The molecule has 1 amide bonds. The quantitative estimate of drug-likeness (QED) is 0.621. The van der Waals surface area contributed by atoms with Crippen LogP contribution in [0, 0.1) is 11.3 Å². The standard InChI is InChI=1S/C22H29N3O/c1-16(18-12-11-17-7-5-6-8-19(17)13-18)25-22(26)20(14-23)15-24-21-9-3-2-4-10-21/h11-13,15-16,21,24H,2-10H2,1H3,(H,25,26)/b20-15-. The van der Waals surface area contributed by atoms with E-state index < -0.39 is 0 Å². The molecule has 0 aliphatic heterocycles. The lowest BCUT2D eigenvalue weighted by molar-refractivity contribution is -0.117. The average Bonchev–Trinajstić information content (AvgIpc) is 2.68. The van der Waals surface area contributed by atoms with E-state index in [0.717, 1.165) is 31.2 Å². The minimum absolute atomic E-state index is 0.110. The highest BCUT2D eigenvalue weighted by Gasteiger charge is 2.17. The van der Waals surface area contributed by atoms with Gasteiger partial charge in [0.1, 0.15) is 11.6 Å². The number of nitrogens with zero attached hydrogens (tertiary/aromatic N) is 1. The Kier molecular flexibility index (Phi) is 6.33. The number of carbonyl (C=O) groups is 1. The monoisotopic (exact) mass is 351 g/mol. The molecular formula is C22H29N3O. The van der Waals surface area contributed by atoms with Gasteiger partial charge in [-0.25, -0.2) is 0 Å². The molecule has 1 saturated carbocycles. The Morgan fingerprint density at radius 1 is 1.15 bits per heavy atom. The molecule has 1 atom stereocenters. The summed E-state index contributed by atoms with van der Waals surface area (Å²) in [6.07, 6.45) is 12.3. The maximum Gasteiger partial charge on any atom is 0.263 e. The maximum atomic E-state index is 12.5. The molecule has 1 aromatic rings. The molecule has 3 rings (SSSR count). The fourth-order valence-electron chi connectivity index (χ4n) is 4.00. The van der Waals surface area contributed by atoms with Gasteiger partial charge in [-0.3, -0.25) is 4.79 Å². The normalized spacial score (nSPS) is 19.2. The van der Waals surface area contributed by atoms with Gasteiger partial charge >= 0.3 is 0 Å². The molecule has 0 aromatic heterocycles. The van der Waals surface area contributed by atoms with Crippen molar-refractivity contribution in [3.63, 3.8) is 0 Å². The zero-order valence-electron chi connectivity index (χ0n) is 15.7. The molecule has 1 aromatic carbocycles. The van der Waals surface area contributed by atoms with Gasteiger partial charge in [0.2, 0.25) is 0 Å². The van der Waals surface area contributed by atoms with E-state index in [2.05, 4.69) is 28.8 Å². The molecule has 4 nitrogen and oxygen atoms in total. The summed E-state index contributed by atoms with van der Waals surface area (Å²) in [4.78, 5) is 12.5. The van der Waals surface area contributed by atoms with Crippen LogP contribution in [0.25, 0.3) is 0 Å². The number of nitriles is 1. The fraction of sp³-hybridized carbons (Fsp3) is 0.545. The largest absolute Gasteiger partial charge is 0.387 e. The number of fused-ring (bicyclic) bond motifs is 1. The van der Waals surface area contributed by atoms with E-state index in [4.69, 9.17) is 0 Å². The maximum absolute atomic E-state index is 12.5. The second-order valence-corrected chi connectivity index (χ2v) is 7.60. The second kappa shape index (κ2) is 8.89. The summed E-state index contributed by atoms with van der Waals surface area (Å²) in [5, 5.41) is 15.6. The lowest BCUT2D eigenvalue weighted by Crippen LogP contribution is -2.31. The van der Waals surface area contributed by atoms with Gasteiger partial charge < -0.3 is 10.6 Å². The van der Waals surface area contributed by atoms with Crippen molar-refractivity contribution in [3.8, 4) is 6.07 Å². The van der Waals surface area contributed by atoms with E-state index in [-0.39, 0.29) is 17.5 Å². The van der Waals surface area contributed by atoms with Crippen LogP contribution >= 0.6 is 0 Å². The Balaban J connectivity index is 1.61. The van der Waals surface area contributed by atoms with Crippen LogP contribution in [0.1, 0.15) is 74.6 Å². The van der Waals surface area contributed by atoms with E-state index in [1.54, 1.807) is 6.20 Å². The average molecular weight is 351 g/mol. The lowest BCUT2D eigenvalue weighted by Gasteiger charge is -2.22. The number of aryl methyl sites for hydroxylation is 2. The van der Waals surface area contributed by atoms with Crippen LogP contribution in [-0.4, -0.2) is 11.9 Å². The molecule has 0 saturated heterocycles. The first-order chi connectivity index (χ1) is 12.7. The van der Waals surface area contributed by atoms with E-state index in [9.17, 15) is 10.1 Å². The highest BCUT2D eigenvalue weighted by molar-refractivity contribution is 5.97. The summed E-state index contributed by atoms with van der Waals surface area (Å²) in [6.45, 7) is 1.98. The summed E-state index contributed by atoms with van der Waals surface area (Å²) in [5.41, 5.74) is 4.11. The molecule has 26 heavy (non-hydrogen) atoms. The van der Waals surface area contributed by atoms with Gasteiger partial charge in [0, 0.05) is 12.2 Å². The van der Waals surface area contributed by atoms with Gasteiger partial charge in [0.15, 0.2) is 0 Å². The molecule has 2 aliphatic carbocycles. The van der Waals surface area contributed by atoms with Gasteiger partial charge in [-0.05, 0) is 62.1 Å². The first kappa shape index (κ1) is 18.5. The summed E-state index contributed by atoms with van der Waals surface area (Å²) in [5.74, 6) is -0.305. The first-order valence-corrected chi connectivity index (χ1v) is 9.96. The van der Waals surface area contributed by atoms with Crippen LogP contribution in [-0.2, 0) is 17.6 Å². The van der Waals surface area contributed by atoms with E-state index in [1.165, 1.54) is 43.2 Å². The predicted octanol–water partition coefficient (Wildman–Crippen LogP) is 4.07. The third kappa shape index (κ3) is 4.66. The molecule has 0 spiro atoms. The molecular weight excluding hydrogens is 322 g/mol. The van der Waals surface area contributed by atoms with Crippen LogP contribution in [0.2, 0.25) is 0 Å². The number of rotatable bonds is 5. The van der Waals surface area contributed by atoms with Gasteiger partial charge in [-0.1, -0.05) is 37.5 Å². The van der Waals surface area contributed by atoms with E-state index >= 15 is 0 Å². The molecule has 0 bridgehead atoms. The molecule has 4 heteroatoms. The zero-order chi connectivity index (χ0) is 18.4. The first-order valence-electron chi connectivity index (χ1n) is 9.96. The summed E-state index contributed by atoms with van der Waals surface area (Å²) < 4.78 is 0. The van der Waals surface area contributed by atoms with Crippen LogP contribution in [0.3, 0.4) is 0 Å². The van der Waals surface area contributed by atoms with Crippen LogP contribution < -0.4 is 10.6 Å². The minimum atomic E-state index is -0.305. The van der Waals surface area contributed by atoms with Crippen LogP contribution in [0.15, 0.2) is 30.0 Å². The van der Waals surface area contributed by atoms with Crippen molar-refractivity contribution in [1.82, 2.24) is 10.6 Å². The Labute approximate surface area is 156 Å². The fourth-order valence-corrected chi connectivity index (χ4v) is 4.00. The number of nitrogens with one attached hydrogen (secondary N) is 2. The second-order valence-electron chi connectivity index (χ2n) is 7.60. The molecule has 0 radical (unpaired) electrons. The SMILES string of the molecule is CC(NC(=O)/C(C#N)=C\NC1CCCCC1)c1ccc2c(c1)CCCC2. The van der Waals surface area contributed by atoms with Crippen molar-refractivity contribution >= 4 is 5.91 Å².